The lowest BCUT2D eigenvalue weighted by atomic mass is 10.0. The number of H-pyrrole nitrogens is 1. The van der Waals surface area contributed by atoms with Crippen LogP contribution in [-0.4, -0.2) is 23.1 Å². The van der Waals surface area contributed by atoms with Crippen molar-refractivity contribution < 1.29 is 14.3 Å². The predicted octanol–water partition coefficient (Wildman–Crippen LogP) is 8.52. The Balaban J connectivity index is 1.49. The molecule has 0 aliphatic rings. The van der Waals surface area contributed by atoms with E-state index in [9.17, 15) is 14.9 Å². The van der Waals surface area contributed by atoms with E-state index in [1.54, 1.807) is 66.7 Å². The molecule has 5 rings (SSSR count). The Morgan fingerprint density at radius 2 is 1.71 bits per heavy atom. The van der Waals surface area contributed by atoms with Gasteiger partial charge in [-0.2, -0.15) is 10.4 Å². The number of aromatic nitrogens is 1. The average Bonchev–Trinajstić information content (AvgIpc) is 3.35. The van der Waals surface area contributed by atoms with E-state index in [1.165, 1.54) is 6.21 Å². The van der Waals surface area contributed by atoms with Crippen LogP contribution in [0.1, 0.15) is 32.0 Å². The second kappa shape index (κ2) is 12.3. The van der Waals surface area contributed by atoms with Gasteiger partial charge in [0.05, 0.1) is 32.4 Å². The zero-order valence-corrected chi connectivity index (χ0v) is 25.4. The number of amides is 1. The molecule has 0 spiro atoms. The number of fused-ring (bicyclic) bond motifs is 1. The number of nitrogens with zero attached hydrogens (tertiary/aromatic N) is 2. The molecule has 11 heteroatoms. The summed E-state index contributed by atoms with van der Waals surface area (Å²) in [6.45, 7) is 0. The van der Waals surface area contributed by atoms with Crippen molar-refractivity contribution in [2.24, 2.45) is 5.10 Å². The van der Waals surface area contributed by atoms with Crippen LogP contribution < -0.4 is 10.2 Å². The van der Waals surface area contributed by atoms with Crippen molar-refractivity contribution in [3.05, 3.63) is 120 Å². The quantitative estimate of drug-likeness (QED) is 0.0797. The van der Waals surface area contributed by atoms with E-state index < -0.39 is 11.9 Å². The molecule has 7 nitrogen and oxygen atoms in total. The van der Waals surface area contributed by atoms with Gasteiger partial charge in [0.2, 0.25) is 0 Å². The number of carbonyl (C=O) groups is 2. The van der Waals surface area contributed by atoms with E-state index in [0.29, 0.717) is 47.1 Å². The molecule has 0 fully saturated rings. The maximum absolute atomic E-state index is 13.4. The molecule has 0 unspecified atom stereocenters. The average molecular weight is 711 g/mol. The molecule has 2 N–H and O–H groups in total. The van der Waals surface area contributed by atoms with Crippen LogP contribution in [0.15, 0.2) is 92.9 Å². The lowest BCUT2D eigenvalue weighted by molar-refractivity contribution is 0.0733. The molecule has 0 bridgehead atoms. The second-order valence-electron chi connectivity index (χ2n) is 8.57. The number of esters is 1. The number of nitrogens with one attached hydrogen (secondary N) is 2. The minimum absolute atomic E-state index is 0.175. The first-order valence-electron chi connectivity index (χ1n) is 11.9. The van der Waals surface area contributed by atoms with E-state index >= 15 is 0 Å². The fourth-order valence-corrected chi connectivity index (χ4v) is 5.98. The number of hydrogen-bond donors (Lipinski definition) is 2. The first-order chi connectivity index (χ1) is 19.8. The maximum Gasteiger partial charge on any atom is 0.345 e. The van der Waals surface area contributed by atoms with E-state index in [-0.39, 0.29) is 22.0 Å². The van der Waals surface area contributed by atoms with Crippen molar-refractivity contribution in [2.45, 2.75) is 0 Å². The van der Waals surface area contributed by atoms with Gasteiger partial charge in [0.15, 0.2) is 5.75 Å². The van der Waals surface area contributed by atoms with Crippen LogP contribution in [-0.2, 0) is 0 Å². The second-order valence-corrected chi connectivity index (χ2v) is 11.2. The van der Waals surface area contributed by atoms with Crippen molar-refractivity contribution in [2.75, 3.05) is 0 Å². The van der Waals surface area contributed by atoms with Gasteiger partial charge in [-0.25, -0.2) is 10.2 Å². The molecule has 202 valence electrons. The molecule has 4 aromatic carbocycles. The molecule has 0 saturated heterocycles. The summed E-state index contributed by atoms with van der Waals surface area (Å²) in [5.74, 6) is -1.05. The van der Waals surface area contributed by atoms with Crippen molar-refractivity contribution in [3.8, 4) is 22.9 Å². The SMILES string of the molecule is N#Cc1cccc2c(-c3ccccc3Cl)c(C(=O)NN=Cc3cc(Br)cc(Br)c3OC(=O)c3ccccc3Cl)[nH]c12. The number of aromatic amines is 1. The Bertz CT molecular complexity index is 1910. The zero-order chi connectivity index (χ0) is 29.1. The standard InChI is InChI=1S/C30H16Br2Cl2N4O3/c31-18-12-17(28(22(32)13-18)41-30(40)20-8-2-4-11-24(20)34)15-36-38-29(39)27-25(19-7-1-3-10-23(19)33)21-9-5-6-16(14-35)26(21)37-27/h1-13,15,37H,(H,38,39). The molecule has 0 aliphatic heterocycles. The van der Waals surface area contributed by atoms with Gasteiger partial charge in [-0.15, -0.1) is 0 Å². The van der Waals surface area contributed by atoms with Crippen LogP contribution in [0.4, 0.5) is 0 Å². The molecule has 0 atom stereocenters. The van der Waals surface area contributed by atoms with Crippen molar-refractivity contribution in [1.82, 2.24) is 10.4 Å². The normalized spacial score (nSPS) is 11.0. The van der Waals surface area contributed by atoms with E-state index in [0.717, 1.165) is 0 Å². The number of carbonyl (C=O) groups excluding carboxylic acids is 2. The highest BCUT2D eigenvalue weighted by Gasteiger charge is 2.22. The summed E-state index contributed by atoms with van der Waals surface area (Å²) < 4.78 is 6.80. The first-order valence-corrected chi connectivity index (χ1v) is 14.2. The van der Waals surface area contributed by atoms with Gasteiger partial charge in [0.1, 0.15) is 11.8 Å². The number of hydrogen-bond acceptors (Lipinski definition) is 5. The third kappa shape index (κ3) is 5.92. The molecule has 1 amide bonds. The summed E-state index contributed by atoms with van der Waals surface area (Å²) in [4.78, 5) is 29.3. The number of para-hydroxylation sites is 1. The highest BCUT2D eigenvalue weighted by atomic mass is 79.9. The van der Waals surface area contributed by atoms with Crippen LogP contribution in [0.5, 0.6) is 5.75 Å². The van der Waals surface area contributed by atoms with Crippen molar-refractivity contribution >= 4 is 84.1 Å². The summed E-state index contributed by atoms with van der Waals surface area (Å²) >= 11 is 19.5. The smallest absolute Gasteiger partial charge is 0.345 e. The molecule has 1 heterocycles. The number of benzene rings is 4. The molecule has 0 radical (unpaired) electrons. The molecular formula is C30H16Br2Cl2N4O3. The number of nitriles is 1. The van der Waals surface area contributed by atoms with Crippen LogP contribution in [0.3, 0.4) is 0 Å². The Labute approximate surface area is 261 Å². The van der Waals surface area contributed by atoms with Crippen molar-refractivity contribution in [3.63, 3.8) is 0 Å². The van der Waals surface area contributed by atoms with E-state index in [4.69, 9.17) is 27.9 Å². The van der Waals surface area contributed by atoms with Gasteiger partial charge in [-0.3, -0.25) is 4.79 Å². The number of ether oxygens (including phenoxy) is 1. The molecule has 5 aromatic rings. The summed E-state index contributed by atoms with van der Waals surface area (Å²) in [7, 11) is 0. The van der Waals surface area contributed by atoms with Crippen LogP contribution in [0.25, 0.3) is 22.0 Å². The largest absolute Gasteiger partial charge is 0.421 e. The Morgan fingerprint density at radius 3 is 2.44 bits per heavy atom. The number of rotatable bonds is 6. The predicted molar refractivity (Wildman–Crippen MR) is 167 cm³/mol. The maximum atomic E-state index is 13.4. The van der Waals surface area contributed by atoms with Gasteiger partial charge >= 0.3 is 5.97 Å². The molecular weight excluding hydrogens is 695 g/mol. The lowest BCUT2D eigenvalue weighted by Crippen LogP contribution is -2.19. The number of hydrazone groups is 1. The lowest BCUT2D eigenvalue weighted by Gasteiger charge is -2.11. The third-order valence-corrected chi connectivity index (χ3v) is 7.73. The van der Waals surface area contributed by atoms with Crippen LogP contribution in [0.2, 0.25) is 10.0 Å². The number of halogens is 4. The summed E-state index contributed by atoms with van der Waals surface area (Å²) in [6, 6.07) is 24.4. The fraction of sp³-hybridized carbons (Fsp3) is 0. The van der Waals surface area contributed by atoms with E-state index in [2.05, 4.69) is 53.4 Å². The van der Waals surface area contributed by atoms with Gasteiger partial charge in [-0.1, -0.05) is 81.6 Å². The fourth-order valence-electron chi connectivity index (χ4n) is 4.20. The Hall–Kier alpha value is -3.94. The van der Waals surface area contributed by atoms with Gasteiger partial charge < -0.3 is 9.72 Å². The first kappa shape index (κ1) is 28.6. The van der Waals surface area contributed by atoms with Crippen LogP contribution >= 0.6 is 55.1 Å². The van der Waals surface area contributed by atoms with Gasteiger partial charge in [0, 0.05) is 31.6 Å². The van der Waals surface area contributed by atoms with Gasteiger partial charge in [-0.05, 0) is 52.3 Å². The van der Waals surface area contributed by atoms with Gasteiger partial charge in [0.25, 0.3) is 5.91 Å². The monoisotopic (exact) mass is 708 g/mol. The van der Waals surface area contributed by atoms with E-state index in [1.807, 2.05) is 12.1 Å². The summed E-state index contributed by atoms with van der Waals surface area (Å²) in [5, 5.41) is 15.1. The topological polar surface area (TPSA) is 107 Å². The molecule has 0 aliphatic carbocycles. The molecule has 1 aromatic heterocycles. The zero-order valence-electron chi connectivity index (χ0n) is 20.7. The summed E-state index contributed by atoms with van der Waals surface area (Å²) in [5.41, 5.74) is 5.32. The highest BCUT2D eigenvalue weighted by molar-refractivity contribution is 9.11. The molecule has 41 heavy (non-hydrogen) atoms. The summed E-state index contributed by atoms with van der Waals surface area (Å²) in [6.07, 6.45) is 1.35. The Morgan fingerprint density at radius 1 is 0.976 bits per heavy atom. The minimum atomic E-state index is -0.659. The molecule has 0 saturated carbocycles. The van der Waals surface area contributed by atoms with Crippen molar-refractivity contribution in [1.29, 1.82) is 5.26 Å². The Kier molecular flexibility index (Phi) is 8.57. The highest BCUT2D eigenvalue weighted by Crippen LogP contribution is 2.38. The third-order valence-electron chi connectivity index (χ3n) is 6.02. The minimum Gasteiger partial charge on any atom is -0.421 e. The van der Waals surface area contributed by atoms with Crippen LogP contribution in [0, 0.1) is 11.3 Å².